The molecule has 0 unspecified atom stereocenters. The Morgan fingerprint density at radius 1 is 1.06 bits per heavy atom. The van der Waals surface area contributed by atoms with Crippen molar-refractivity contribution in [3.63, 3.8) is 0 Å². The van der Waals surface area contributed by atoms with Gasteiger partial charge in [0.05, 0.1) is 27.8 Å². The summed E-state index contributed by atoms with van der Waals surface area (Å²) < 4.78 is 12.1. The van der Waals surface area contributed by atoms with Gasteiger partial charge < -0.3 is 14.8 Å². The van der Waals surface area contributed by atoms with Crippen molar-refractivity contribution < 1.29 is 19.1 Å². The number of rotatable bonds is 7. The van der Waals surface area contributed by atoms with E-state index in [4.69, 9.17) is 32.7 Å². The molecule has 34 heavy (non-hydrogen) atoms. The molecule has 2 amide bonds. The summed E-state index contributed by atoms with van der Waals surface area (Å²) in [6.07, 6.45) is 1.38. The first-order chi connectivity index (χ1) is 16.3. The summed E-state index contributed by atoms with van der Waals surface area (Å²) in [6, 6.07) is 15.9. The summed E-state index contributed by atoms with van der Waals surface area (Å²) in [5.74, 6) is -0.846. The Labute approximate surface area is 215 Å². The molecule has 0 radical (unpaired) electrons. The number of methoxy groups -OCH3 is 1. The van der Waals surface area contributed by atoms with Crippen LogP contribution in [0.4, 0.5) is 5.69 Å². The Balaban J connectivity index is 1.63. The number of ether oxygens (including phenoxy) is 2. The molecule has 0 fully saturated rings. The zero-order valence-corrected chi connectivity index (χ0v) is 21.3. The van der Waals surface area contributed by atoms with Crippen LogP contribution in [-0.4, -0.2) is 25.1 Å². The quantitative estimate of drug-likeness (QED) is 0.217. The maximum atomic E-state index is 12.0. The highest BCUT2D eigenvalue weighted by Crippen LogP contribution is 2.37. The largest absolute Gasteiger partial charge is 0.493 e. The normalized spacial score (nSPS) is 10.7. The Morgan fingerprint density at radius 2 is 1.82 bits per heavy atom. The molecule has 0 aromatic heterocycles. The third-order valence-electron chi connectivity index (χ3n) is 4.65. The molecule has 176 valence electrons. The minimum Gasteiger partial charge on any atom is -0.493 e. The van der Waals surface area contributed by atoms with Gasteiger partial charge in [0.1, 0.15) is 6.61 Å². The summed E-state index contributed by atoms with van der Waals surface area (Å²) in [4.78, 5) is 24.1. The van der Waals surface area contributed by atoms with Crippen molar-refractivity contribution in [2.75, 3.05) is 12.4 Å². The van der Waals surface area contributed by atoms with E-state index in [-0.39, 0.29) is 5.02 Å². The number of halogens is 3. The second-order valence-electron chi connectivity index (χ2n) is 7.03. The van der Waals surface area contributed by atoms with Crippen molar-refractivity contribution in [1.29, 1.82) is 0 Å². The smallest absolute Gasteiger partial charge is 0.329 e. The fraction of sp³-hybridized carbons (Fsp3) is 0.125. The second-order valence-corrected chi connectivity index (χ2v) is 8.70. The molecule has 0 aliphatic heterocycles. The van der Waals surface area contributed by atoms with Crippen molar-refractivity contribution in [2.45, 2.75) is 13.5 Å². The third kappa shape index (κ3) is 6.72. The molecule has 0 aliphatic rings. The molecule has 0 atom stereocenters. The van der Waals surface area contributed by atoms with Gasteiger partial charge in [0, 0.05) is 5.69 Å². The number of amides is 2. The summed E-state index contributed by atoms with van der Waals surface area (Å²) >= 11 is 15.2. The van der Waals surface area contributed by atoms with E-state index >= 15 is 0 Å². The average molecular weight is 565 g/mol. The molecule has 0 aliphatic carbocycles. The molecule has 3 aromatic carbocycles. The number of benzene rings is 3. The van der Waals surface area contributed by atoms with Gasteiger partial charge in [-0.25, -0.2) is 5.43 Å². The van der Waals surface area contributed by atoms with Gasteiger partial charge in [-0.15, -0.1) is 0 Å². The van der Waals surface area contributed by atoms with Crippen LogP contribution in [-0.2, 0) is 16.2 Å². The Morgan fingerprint density at radius 3 is 2.53 bits per heavy atom. The first-order valence-electron chi connectivity index (χ1n) is 9.92. The zero-order chi connectivity index (χ0) is 24.7. The van der Waals surface area contributed by atoms with Crippen molar-refractivity contribution in [1.82, 2.24) is 5.43 Å². The number of hydrazone groups is 1. The van der Waals surface area contributed by atoms with Gasteiger partial charge in [-0.2, -0.15) is 5.10 Å². The van der Waals surface area contributed by atoms with Crippen molar-refractivity contribution >= 4 is 62.8 Å². The molecule has 0 saturated carbocycles. The number of anilines is 1. The van der Waals surface area contributed by atoms with E-state index in [0.717, 1.165) is 11.1 Å². The molecule has 0 saturated heterocycles. The molecule has 10 heteroatoms. The highest BCUT2D eigenvalue weighted by molar-refractivity contribution is 9.10. The van der Waals surface area contributed by atoms with Gasteiger partial charge in [-0.1, -0.05) is 47.5 Å². The van der Waals surface area contributed by atoms with Gasteiger partial charge in [0.15, 0.2) is 11.5 Å². The third-order valence-corrected chi connectivity index (χ3v) is 5.98. The number of carbonyl (C=O) groups is 2. The fourth-order valence-electron chi connectivity index (χ4n) is 2.85. The van der Waals surface area contributed by atoms with E-state index in [9.17, 15) is 9.59 Å². The molecule has 0 heterocycles. The minimum atomic E-state index is -0.952. The van der Waals surface area contributed by atoms with Crippen LogP contribution in [0.5, 0.6) is 11.5 Å². The molecule has 3 rings (SSSR count). The Kier molecular flexibility index (Phi) is 8.92. The maximum absolute atomic E-state index is 12.0. The van der Waals surface area contributed by atoms with Crippen molar-refractivity contribution in [2.24, 2.45) is 5.10 Å². The minimum absolute atomic E-state index is 0.253. The lowest BCUT2D eigenvalue weighted by Crippen LogP contribution is -2.32. The second kappa shape index (κ2) is 11.9. The lowest BCUT2D eigenvalue weighted by Gasteiger charge is -2.14. The number of carbonyl (C=O) groups excluding carboxylic acids is 2. The highest BCUT2D eigenvalue weighted by Gasteiger charge is 2.15. The predicted octanol–water partition coefficient (Wildman–Crippen LogP) is 5.74. The molecule has 2 N–H and O–H groups in total. The van der Waals surface area contributed by atoms with E-state index in [1.54, 1.807) is 12.1 Å². The van der Waals surface area contributed by atoms with E-state index in [2.05, 4.69) is 31.8 Å². The number of hydrogen-bond donors (Lipinski definition) is 2. The van der Waals surface area contributed by atoms with Crippen molar-refractivity contribution in [3.8, 4) is 11.5 Å². The Bertz CT molecular complexity index is 1250. The summed E-state index contributed by atoms with van der Waals surface area (Å²) in [7, 11) is 1.53. The molecular formula is C24H20BrCl2N3O4. The lowest BCUT2D eigenvalue weighted by atomic mass is 10.1. The fourth-order valence-corrected chi connectivity index (χ4v) is 3.73. The van der Waals surface area contributed by atoms with Crippen LogP contribution in [0.2, 0.25) is 10.0 Å². The number of nitrogens with zero attached hydrogens (tertiary/aromatic N) is 1. The monoisotopic (exact) mass is 563 g/mol. The van der Waals surface area contributed by atoms with Gasteiger partial charge in [0.25, 0.3) is 0 Å². The molecule has 0 spiro atoms. The van der Waals surface area contributed by atoms with Crippen LogP contribution in [0.15, 0.2) is 64.2 Å². The maximum Gasteiger partial charge on any atom is 0.329 e. The van der Waals surface area contributed by atoms with Crippen LogP contribution in [0.3, 0.4) is 0 Å². The number of aryl methyl sites for hydroxylation is 1. The average Bonchev–Trinajstić information content (AvgIpc) is 2.81. The van der Waals surface area contributed by atoms with E-state index in [1.807, 2.05) is 31.2 Å². The van der Waals surface area contributed by atoms with Crippen LogP contribution >= 0.6 is 39.1 Å². The van der Waals surface area contributed by atoms with E-state index in [0.29, 0.717) is 38.9 Å². The summed E-state index contributed by atoms with van der Waals surface area (Å²) in [6.45, 7) is 2.39. The van der Waals surface area contributed by atoms with Crippen molar-refractivity contribution in [3.05, 3.63) is 85.8 Å². The zero-order valence-electron chi connectivity index (χ0n) is 18.2. The molecule has 0 bridgehead atoms. The summed E-state index contributed by atoms with van der Waals surface area (Å²) in [5.41, 5.74) is 5.29. The lowest BCUT2D eigenvalue weighted by molar-refractivity contribution is -0.136. The van der Waals surface area contributed by atoms with Gasteiger partial charge in [-0.3, -0.25) is 9.59 Å². The van der Waals surface area contributed by atoms with Crippen LogP contribution in [0, 0.1) is 6.92 Å². The topological polar surface area (TPSA) is 89.0 Å². The Hall–Kier alpha value is -3.07. The number of nitrogens with one attached hydrogen (secondary N) is 2. The van der Waals surface area contributed by atoms with E-state index < -0.39 is 11.8 Å². The molecular weight excluding hydrogens is 545 g/mol. The first-order valence-corrected chi connectivity index (χ1v) is 11.5. The molecule has 7 nitrogen and oxygen atoms in total. The van der Waals surface area contributed by atoms with Crippen LogP contribution in [0.25, 0.3) is 0 Å². The number of hydrogen-bond acceptors (Lipinski definition) is 5. The van der Waals surface area contributed by atoms with E-state index in [1.165, 1.54) is 31.5 Å². The first kappa shape index (κ1) is 25.6. The summed E-state index contributed by atoms with van der Waals surface area (Å²) in [5, 5.41) is 6.84. The van der Waals surface area contributed by atoms with Crippen LogP contribution in [0.1, 0.15) is 16.7 Å². The van der Waals surface area contributed by atoms with Gasteiger partial charge in [0.2, 0.25) is 0 Å². The standard InChI is InChI=1S/C24H20BrCl2N3O4/c1-14-5-3-4-6-16(14)13-34-22-18(25)9-15(10-21(22)33-2)12-28-30-24(32)23(31)29-17-7-8-19(26)20(27)11-17/h3-12H,13H2,1-2H3,(H,29,31)(H,30,32)/b28-12+. The SMILES string of the molecule is COc1cc(/C=N/NC(=O)C(=O)Nc2ccc(Cl)c(Cl)c2)cc(Br)c1OCc1ccccc1C. The van der Waals surface area contributed by atoms with Gasteiger partial charge in [-0.05, 0) is 69.9 Å². The molecule has 3 aromatic rings. The van der Waals surface area contributed by atoms with Crippen LogP contribution < -0.4 is 20.2 Å². The predicted molar refractivity (Wildman–Crippen MR) is 137 cm³/mol. The highest BCUT2D eigenvalue weighted by atomic mass is 79.9. The van der Waals surface area contributed by atoms with Gasteiger partial charge >= 0.3 is 11.8 Å².